The molecule has 2 aromatic heterocycles. The fourth-order valence-electron chi connectivity index (χ4n) is 9.02. The zero-order valence-corrected chi connectivity index (χ0v) is 34.6. The summed E-state index contributed by atoms with van der Waals surface area (Å²) >= 11 is 0. The molecule has 5 heterocycles. The largest absolute Gasteiger partial charge is 0.508 e. The Morgan fingerprint density at radius 2 is 1.90 bits per heavy atom. The number of hydrogen-bond donors (Lipinski definition) is 3. The van der Waals surface area contributed by atoms with Gasteiger partial charge in [-0.3, -0.25) is 29.2 Å². The monoisotopic (exact) mass is 792 g/mol. The molecule has 13 nitrogen and oxygen atoms in total. The number of phenolic OH excluding ortho intramolecular Hbond substituents is 1. The maximum absolute atomic E-state index is 14.4. The molecule has 2 fully saturated rings. The van der Waals surface area contributed by atoms with E-state index in [1.54, 1.807) is 30.3 Å². The summed E-state index contributed by atoms with van der Waals surface area (Å²) in [4.78, 5) is 61.1. The van der Waals surface area contributed by atoms with Gasteiger partial charge in [0, 0.05) is 68.2 Å². The highest BCUT2D eigenvalue weighted by molar-refractivity contribution is 5.96. The number of carbonyl (C=O) groups excluding carboxylic acids is 4. The van der Waals surface area contributed by atoms with Crippen molar-refractivity contribution in [1.29, 1.82) is 0 Å². The topological polar surface area (TPSA) is 155 Å². The molecular weight excluding hydrogens is 737 g/mol. The Morgan fingerprint density at radius 1 is 1.10 bits per heavy atom. The fourth-order valence-corrected chi connectivity index (χ4v) is 9.02. The standard InChI is InChI=1S/C45H56N6O7/c1-8-49-38-14-13-30-23-34(38)35(41(49)33-11-9-16-46-39(33)27(3)57-7)24-45(5,6)25-58-44(56)36-12-10-17-51(48-36)43(55)37(21-29-19-31(30)22-32(53)20-29)47-42(54)40-26(2)15-18-50(40)28(4)52/h9,11,13-14,16,19-20,22-23,26-27,36-37,40,48,53H,8,10,12,15,17-18,21,24-25H2,1-7H3,(H,47,54)/t26-,27-,36-,37-,40-/m0/s1. The maximum atomic E-state index is 14.4. The molecule has 0 radical (unpaired) electrons. The van der Waals surface area contributed by atoms with Crippen LogP contribution >= 0.6 is 0 Å². The first kappa shape index (κ1) is 40.9. The lowest BCUT2D eigenvalue weighted by Crippen LogP contribution is -2.61. The number of nitrogens with one attached hydrogen (secondary N) is 2. The van der Waals surface area contributed by atoms with Gasteiger partial charge < -0.3 is 29.4 Å². The van der Waals surface area contributed by atoms with Crippen molar-refractivity contribution in [3.63, 3.8) is 0 Å². The zero-order valence-electron chi connectivity index (χ0n) is 34.6. The molecule has 0 saturated carbocycles. The number of hydrazine groups is 1. The van der Waals surface area contributed by atoms with Gasteiger partial charge in [-0.2, -0.15) is 0 Å². The molecule has 0 unspecified atom stereocenters. The second-order valence-electron chi connectivity index (χ2n) is 17.0. The van der Waals surface area contributed by atoms with Gasteiger partial charge in [-0.15, -0.1) is 0 Å². The molecular formula is C45H56N6O7. The minimum absolute atomic E-state index is 0.0207. The number of likely N-dealkylation sites (tertiary alicyclic amines) is 1. The zero-order chi connectivity index (χ0) is 41.5. The average molecular weight is 793 g/mol. The lowest BCUT2D eigenvalue weighted by Gasteiger charge is -2.36. The molecule has 3 aliphatic rings. The first-order valence-electron chi connectivity index (χ1n) is 20.5. The van der Waals surface area contributed by atoms with E-state index in [1.165, 1.54) is 11.9 Å². The number of fused-ring (bicyclic) bond motifs is 6. The van der Waals surface area contributed by atoms with Gasteiger partial charge in [0.1, 0.15) is 23.9 Å². The number of benzene rings is 2. The van der Waals surface area contributed by atoms with Gasteiger partial charge >= 0.3 is 5.97 Å². The number of aromatic hydroxyl groups is 1. The molecule has 6 bridgehead atoms. The Morgan fingerprint density at radius 3 is 2.64 bits per heavy atom. The average Bonchev–Trinajstić information content (AvgIpc) is 3.75. The van der Waals surface area contributed by atoms with Crippen molar-refractivity contribution in [2.75, 3.05) is 26.8 Å². The first-order chi connectivity index (χ1) is 27.7. The Hall–Kier alpha value is -5.27. The number of carbonyl (C=O) groups is 4. The number of ether oxygens (including phenoxy) is 2. The van der Waals surface area contributed by atoms with Crippen molar-refractivity contribution in [1.82, 2.24) is 30.2 Å². The number of aromatic nitrogens is 2. The van der Waals surface area contributed by atoms with Crippen LogP contribution in [0, 0.1) is 11.3 Å². The number of methoxy groups -OCH3 is 1. The third-order valence-electron chi connectivity index (χ3n) is 12.1. The number of amides is 3. The van der Waals surface area contributed by atoms with Gasteiger partial charge in [0.05, 0.1) is 24.1 Å². The molecule has 3 amide bonds. The molecule has 7 rings (SSSR count). The van der Waals surface area contributed by atoms with Crippen LogP contribution in [0.2, 0.25) is 0 Å². The van der Waals surface area contributed by atoms with Crippen LogP contribution in [0.1, 0.15) is 83.7 Å². The van der Waals surface area contributed by atoms with E-state index in [-0.39, 0.29) is 36.7 Å². The van der Waals surface area contributed by atoms with Crippen LogP contribution in [0.15, 0.2) is 54.7 Å². The molecule has 0 aliphatic carbocycles. The highest BCUT2D eigenvalue weighted by Gasteiger charge is 2.41. The predicted molar refractivity (Wildman–Crippen MR) is 220 cm³/mol. The molecule has 308 valence electrons. The number of cyclic esters (lactones) is 1. The van der Waals surface area contributed by atoms with Crippen molar-refractivity contribution in [3.05, 3.63) is 71.5 Å². The van der Waals surface area contributed by atoms with Crippen molar-refractivity contribution >= 4 is 34.6 Å². The molecule has 13 heteroatoms. The summed E-state index contributed by atoms with van der Waals surface area (Å²) in [6.45, 7) is 13.2. The summed E-state index contributed by atoms with van der Waals surface area (Å²) in [6.07, 6.45) is 3.83. The van der Waals surface area contributed by atoms with Gasteiger partial charge in [-0.25, -0.2) is 5.43 Å². The van der Waals surface area contributed by atoms with Crippen LogP contribution in [0.5, 0.6) is 5.75 Å². The number of pyridine rings is 1. The molecule has 2 saturated heterocycles. The van der Waals surface area contributed by atoms with Gasteiger partial charge in [0.2, 0.25) is 11.8 Å². The molecule has 0 spiro atoms. The Kier molecular flexibility index (Phi) is 11.7. The summed E-state index contributed by atoms with van der Waals surface area (Å²) in [5, 5.41) is 16.6. The quantitative estimate of drug-likeness (QED) is 0.209. The van der Waals surface area contributed by atoms with Crippen LogP contribution in [0.3, 0.4) is 0 Å². The Bertz CT molecular complexity index is 2230. The van der Waals surface area contributed by atoms with Gasteiger partial charge in [0.15, 0.2) is 0 Å². The van der Waals surface area contributed by atoms with E-state index in [1.807, 2.05) is 32.0 Å². The van der Waals surface area contributed by atoms with E-state index >= 15 is 0 Å². The smallest absolute Gasteiger partial charge is 0.324 e. The van der Waals surface area contributed by atoms with Gasteiger partial charge in [-0.1, -0.05) is 32.9 Å². The number of rotatable bonds is 6. The molecule has 2 aromatic carbocycles. The molecule has 3 N–H and O–H groups in total. The van der Waals surface area contributed by atoms with Crippen molar-refractivity contribution < 1.29 is 33.8 Å². The lowest BCUT2D eigenvalue weighted by atomic mass is 9.84. The lowest BCUT2D eigenvalue weighted by molar-refractivity contribution is -0.155. The van der Waals surface area contributed by atoms with Crippen LogP contribution in [-0.4, -0.2) is 93.2 Å². The van der Waals surface area contributed by atoms with Crippen LogP contribution in [-0.2, 0) is 48.0 Å². The third kappa shape index (κ3) is 8.06. The predicted octanol–water partition coefficient (Wildman–Crippen LogP) is 5.71. The van der Waals surface area contributed by atoms with Crippen molar-refractivity contribution in [2.24, 2.45) is 11.3 Å². The Labute approximate surface area is 340 Å². The van der Waals surface area contributed by atoms with Crippen molar-refractivity contribution in [3.8, 4) is 28.1 Å². The summed E-state index contributed by atoms with van der Waals surface area (Å²) in [5.74, 6) is -1.57. The maximum Gasteiger partial charge on any atom is 0.324 e. The molecule has 4 aromatic rings. The summed E-state index contributed by atoms with van der Waals surface area (Å²) in [7, 11) is 1.68. The van der Waals surface area contributed by atoms with E-state index in [0.717, 1.165) is 44.5 Å². The SMILES string of the molecule is CCn1c(-c2cccnc2[C@H](C)OC)c2c3cc(ccc31)-c1cc(O)cc(c1)C[C@H](NC(=O)[C@@H]1[C@@H](C)CCN1C(C)=O)C(=O)N1CCC[C@H](N1)C(=O)OCC(C)(C)C2. The second-order valence-corrected chi connectivity index (χ2v) is 17.0. The highest BCUT2D eigenvalue weighted by atomic mass is 16.5. The highest BCUT2D eigenvalue weighted by Crippen LogP contribution is 2.42. The summed E-state index contributed by atoms with van der Waals surface area (Å²) in [6, 6.07) is 13.0. The van der Waals surface area contributed by atoms with Crippen LogP contribution in [0.25, 0.3) is 33.3 Å². The van der Waals surface area contributed by atoms with Crippen molar-refractivity contribution in [2.45, 2.75) is 104 Å². The first-order valence-corrected chi connectivity index (χ1v) is 20.5. The minimum atomic E-state index is -1.07. The summed E-state index contributed by atoms with van der Waals surface area (Å²) < 4.78 is 14.2. The van der Waals surface area contributed by atoms with Crippen LogP contribution < -0.4 is 10.7 Å². The van der Waals surface area contributed by atoms with E-state index in [2.05, 4.69) is 54.3 Å². The van der Waals surface area contributed by atoms with E-state index in [0.29, 0.717) is 50.9 Å². The third-order valence-corrected chi connectivity index (χ3v) is 12.1. The number of phenols is 1. The van der Waals surface area contributed by atoms with E-state index < -0.39 is 41.3 Å². The Balaban J connectivity index is 1.38. The number of hydrogen-bond acceptors (Lipinski definition) is 9. The normalized spacial score (nSPS) is 23.0. The fraction of sp³-hybridized carbons (Fsp3) is 0.489. The molecule has 5 atom stereocenters. The number of aryl methyl sites for hydroxylation is 1. The van der Waals surface area contributed by atoms with E-state index in [4.69, 9.17) is 14.5 Å². The number of esters is 1. The molecule has 3 aliphatic heterocycles. The van der Waals surface area contributed by atoms with E-state index in [9.17, 15) is 24.3 Å². The van der Waals surface area contributed by atoms with Gasteiger partial charge in [-0.05, 0) is 104 Å². The number of nitrogens with zero attached hydrogens (tertiary/aromatic N) is 4. The second kappa shape index (κ2) is 16.5. The van der Waals surface area contributed by atoms with Crippen LogP contribution in [0.4, 0.5) is 0 Å². The molecule has 58 heavy (non-hydrogen) atoms. The minimum Gasteiger partial charge on any atom is -0.508 e. The van der Waals surface area contributed by atoms with Gasteiger partial charge in [0.25, 0.3) is 5.91 Å². The summed E-state index contributed by atoms with van der Waals surface area (Å²) in [5.41, 5.74) is 9.75.